The second kappa shape index (κ2) is 6.90. The van der Waals surface area contributed by atoms with E-state index in [1.165, 1.54) is 6.20 Å². The second-order valence-corrected chi connectivity index (χ2v) is 5.49. The molecule has 0 bridgehead atoms. The van der Waals surface area contributed by atoms with Gasteiger partial charge in [-0.25, -0.2) is 4.79 Å². The van der Waals surface area contributed by atoms with Crippen LogP contribution in [0, 0.1) is 23.7 Å². The average molecular weight is 275 g/mol. The summed E-state index contributed by atoms with van der Waals surface area (Å²) in [5.74, 6) is -0.401. The maximum atomic E-state index is 11.9. The lowest BCUT2D eigenvalue weighted by Crippen LogP contribution is -2.11. The first-order chi connectivity index (χ1) is 9.35. The smallest absolute Gasteiger partial charge is 0.340 e. The number of carbonyl (C=O) groups excluding carboxylic acids is 1. The van der Waals surface area contributed by atoms with Gasteiger partial charge in [-0.05, 0) is 46.1 Å². The summed E-state index contributed by atoms with van der Waals surface area (Å²) in [7, 11) is 0. The van der Waals surface area contributed by atoms with Crippen LogP contribution >= 0.6 is 0 Å². The number of pyridine rings is 1. The van der Waals surface area contributed by atoms with Crippen molar-refractivity contribution < 1.29 is 9.53 Å². The van der Waals surface area contributed by atoms with Gasteiger partial charge < -0.3 is 10.5 Å². The van der Waals surface area contributed by atoms with Crippen LogP contribution in [0.15, 0.2) is 12.3 Å². The lowest BCUT2D eigenvalue weighted by atomic mass is 9.89. The molecule has 0 saturated carbocycles. The number of nitrogens with two attached hydrogens (primary N) is 1. The van der Waals surface area contributed by atoms with Crippen LogP contribution in [0.2, 0.25) is 0 Å². The van der Waals surface area contributed by atoms with Gasteiger partial charge in [0.25, 0.3) is 0 Å². The van der Waals surface area contributed by atoms with E-state index < -0.39 is 5.97 Å². The Morgan fingerprint density at radius 2 is 2.20 bits per heavy atom. The quantitative estimate of drug-likeness (QED) is 0.637. The summed E-state index contributed by atoms with van der Waals surface area (Å²) in [5.41, 5.74) is 6.74. The fourth-order valence-corrected chi connectivity index (χ4v) is 1.72. The largest absolute Gasteiger partial charge is 0.462 e. The van der Waals surface area contributed by atoms with Crippen LogP contribution in [0.25, 0.3) is 0 Å². The van der Waals surface area contributed by atoms with Crippen molar-refractivity contribution in [1.82, 2.24) is 4.98 Å². The Hall–Kier alpha value is -2.09. The zero-order chi connectivity index (χ0) is 15.2. The number of aryl methyl sites for hydroxylation is 1. The Kier molecular flexibility index (Phi) is 5.51. The normalized spacial score (nSPS) is 10.9. The highest BCUT2D eigenvalue weighted by molar-refractivity contribution is 5.91. The van der Waals surface area contributed by atoms with Crippen LogP contribution in [0.5, 0.6) is 0 Å². The lowest BCUT2D eigenvalue weighted by Gasteiger charge is -2.14. The molecule has 1 rings (SSSR count). The molecule has 0 saturated heterocycles. The Balaban J connectivity index is 2.38. The topological polar surface area (TPSA) is 89.0 Å². The van der Waals surface area contributed by atoms with Gasteiger partial charge in [0, 0.05) is 0 Å². The summed E-state index contributed by atoms with van der Waals surface area (Å²) >= 11 is 0. The van der Waals surface area contributed by atoms with Gasteiger partial charge in [0.05, 0.1) is 41.2 Å². The fourth-order valence-electron chi connectivity index (χ4n) is 1.72. The molecule has 1 aromatic rings. The first kappa shape index (κ1) is 16.0. The zero-order valence-corrected chi connectivity index (χ0v) is 12.3. The van der Waals surface area contributed by atoms with Gasteiger partial charge in [-0.3, -0.25) is 4.98 Å². The number of nitrogen functional groups attached to an aromatic ring is 1. The van der Waals surface area contributed by atoms with Crippen molar-refractivity contribution >= 4 is 11.7 Å². The van der Waals surface area contributed by atoms with E-state index in [9.17, 15) is 4.79 Å². The SMILES string of the molecule is Cc1ncc(N)cc1C(=O)OCCCCC(C)(C)C#N. The number of hydrogen-bond donors (Lipinski definition) is 1. The number of rotatable bonds is 6. The predicted molar refractivity (Wildman–Crippen MR) is 76.9 cm³/mol. The maximum absolute atomic E-state index is 11.9. The molecule has 0 radical (unpaired) electrons. The van der Waals surface area contributed by atoms with E-state index in [1.807, 2.05) is 13.8 Å². The number of carbonyl (C=O) groups is 1. The molecule has 0 aliphatic heterocycles. The van der Waals surface area contributed by atoms with Crippen LogP contribution in [0.1, 0.15) is 49.2 Å². The number of unbranched alkanes of at least 4 members (excludes halogenated alkanes) is 1. The van der Waals surface area contributed by atoms with Crippen molar-refractivity contribution in [3.05, 3.63) is 23.5 Å². The molecule has 1 heterocycles. The van der Waals surface area contributed by atoms with Gasteiger partial charge in [-0.15, -0.1) is 0 Å². The molecule has 0 aliphatic carbocycles. The molecule has 0 unspecified atom stereocenters. The van der Waals surface area contributed by atoms with E-state index in [2.05, 4.69) is 11.1 Å². The first-order valence-corrected chi connectivity index (χ1v) is 6.66. The Bertz CT molecular complexity index is 518. The van der Waals surface area contributed by atoms with Gasteiger partial charge in [-0.2, -0.15) is 5.26 Å². The molecule has 5 nitrogen and oxygen atoms in total. The first-order valence-electron chi connectivity index (χ1n) is 6.66. The molecule has 0 amide bonds. The third-order valence-corrected chi connectivity index (χ3v) is 3.06. The Morgan fingerprint density at radius 3 is 2.85 bits per heavy atom. The van der Waals surface area contributed by atoms with Crippen LogP contribution in [-0.4, -0.2) is 17.6 Å². The second-order valence-electron chi connectivity index (χ2n) is 5.49. The molecular formula is C15H21N3O2. The van der Waals surface area contributed by atoms with Crippen molar-refractivity contribution in [3.8, 4) is 6.07 Å². The maximum Gasteiger partial charge on any atom is 0.340 e. The number of hydrogen-bond acceptors (Lipinski definition) is 5. The molecule has 0 fully saturated rings. The van der Waals surface area contributed by atoms with Crippen LogP contribution in [-0.2, 0) is 4.74 Å². The summed E-state index contributed by atoms with van der Waals surface area (Å²) in [6.07, 6.45) is 3.89. The number of anilines is 1. The van der Waals surface area contributed by atoms with Gasteiger partial charge in [0.15, 0.2) is 0 Å². The van der Waals surface area contributed by atoms with Gasteiger partial charge in [0.2, 0.25) is 0 Å². The summed E-state index contributed by atoms with van der Waals surface area (Å²) in [6.45, 7) is 5.89. The molecule has 0 aromatic carbocycles. The third kappa shape index (κ3) is 4.88. The van der Waals surface area contributed by atoms with Crippen molar-refractivity contribution in [3.63, 3.8) is 0 Å². The van der Waals surface area contributed by atoms with E-state index in [0.29, 0.717) is 23.6 Å². The lowest BCUT2D eigenvalue weighted by molar-refractivity contribution is 0.0495. The highest BCUT2D eigenvalue weighted by Crippen LogP contribution is 2.21. The Labute approximate surface area is 119 Å². The minimum atomic E-state index is -0.401. The van der Waals surface area contributed by atoms with Gasteiger partial charge >= 0.3 is 5.97 Å². The van der Waals surface area contributed by atoms with E-state index >= 15 is 0 Å². The van der Waals surface area contributed by atoms with Crippen molar-refractivity contribution in [2.24, 2.45) is 5.41 Å². The van der Waals surface area contributed by atoms with Crippen LogP contribution < -0.4 is 5.73 Å². The number of esters is 1. The zero-order valence-electron chi connectivity index (χ0n) is 12.3. The summed E-state index contributed by atoms with van der Waals surface area (Å²) < 4.78 is 5.19. The molecule has 0 spiro atoms. The highest BCUT2D eigenvalue weighted by Gasteiger charge is 2.16. The van der Waals surface area contributed by atoms with Crippen LogP contribution in [0.3, 0.4) is 0 Å². The average Bonchev–Trinajstić information content (AvgIpc) is 2.40. The summed E-state index contributed by atoms with van der Waals surface area (Å²) in [6, 6.07) is 3.82. The predicted octanol–water partition coefficient (Wildman–Crippen LogP) is 2.85. The Morgan fingerprint density at radius 1 is 1.50 bits per heavy atom. The molecule has 108 valence electrons. The number of nitrogens with zero attached hydrogens (tertiary/aromatic N) is 2. The van der Waals surface area contributed by atoms with E-state index in [-0.39, 0.29) is 5.41 Å². The number of aromatic nitrogens is 1. The molecule has 2 N–H and O–H groups in total. The van der Waals surface area contributed by atoms with Crippen molar-refractivity contribution in [2.45, 2.75) is 40.0 Å². The highest BCUT2D eigenvalue weighted by atomic mass is 16.5. The molecule has 5 heteroatoms. The summed E-state index contributed by atoms with van der Waals surface area (Å²) in [5, 5.41) is 8.89. The molecule has 0 aliphatic rings. The molecular weight excluding hydrogens is 254 g/mol. The third-order valence-electron chi connectivity index (χ3n) is 3.06. The molecule has 0 atom stereocenters. The van der Waals surface area contributed by atoms with Crippen LogP contribution in [0.4, 0.5) is 5.69 Å². The standard InChI is InChI=1S/C15H21N3O2/c1-11-13(8-12(17)9-18-11)14(19)20-7-5-4-6-15(2,3)10-16/h8-9H,4-7,17H2,1-3H3. The van der Waals surface area contributed by atoms with Gasteiger partial charge in [0.1, 0.15) is 0 Å². The number of ether oxygens (including phenoxy) is 1. The van der Waals surface area contributed by atoms with Crippen molar-refractivity contribution in [2.75, 3.05) is 12.3 Å². The van der Waals surface area contributed by atoms with Crippen molar-refractivity contribution in [1.29, 1.82) is 5.26 Å². The molecule has 1 aromatic heterocycles. The van der Waals surface area contributed by atoms with E-state index in [0.717, 1.165) is 19.3 Å². The van der Waals surface area contributed by atoms with E-state index in [4.69, 9.17) is 15.7 Å². The van der Waals surface area contributed by atoms with E-state index in [1.54, 1.807) is 13.0 Å². The minimum Gasteiger partial charge on any atom is -0.462 e. The molecule has 20 heavy (non-hydrogen) atoms. The monoisotopic (exact) mass is 275 g/mol. The summed E-state index contributed by atoms with van der Waals surface area (Å²) in [4.78, 5) is 15.9. The minimum absolute atomic E-state index is 0.321. The van der Waals surface area contributed by atoms with Gasteiger partial charge in [-0.1, -0.05) is 0 Å². The number of nitriles is 1. The fraction of sp³-hybridized carbons (Fsp3) is 0.533.